The molecule has 0 unspecified atom stereocenters. The zero-order valence-corrected chi connectivity index (χ0v) is 14.9. The summed E-state index contributed by atoms with van der Waals surface area (Å²) in [6, 6.07) is 6.87. The van der Waals surface area contributed by atoms with E-state index in [-0.39, 0.29) is 16.8 Å². The maximum Gasteiger partial charge on any atom is 0.240 e. The molecule has 2 fully saturated rings. The average Bonchev–Trinajstić information content (AvgIpc) is 3.21. The lowest BCUT2D eigenvalue weighted by atomic mass is 10.2. The van der Waals surface area contributed by atoms with E-state index in [1.54, 1.807) is 29.2 Å². The van der Waals surface area contributed by atoms with Crippen LogP contribution in [-0.4, -0.2) is 51.4 Å². The van der Waals surface area contributed by atoms with Crippen LogP contribution in [0.5, 0.6) is 0 Å². The first kappa shape index (κ1) is 17.4. The van der Waals surface area contributed by atoms with Crippen molar-refractivity contribution in [2.75, 3.05) is 31.1 Å². The third-order valence-corrected chi connectivity index (χ3v) is 6.39. The Labute approximate surface area is 143 Å². The molecule has 2 heterocycles. The monoisotopic (exact) mass is 351 g/mol. The topological polar surface area (TPSA) is 69.7 Å². The van der Waals surface area contributed by atoms with Gasteiger partial charge in [0.15, 0.2) is 0 Å². The molecule has 0 aliphatic carbocycles. The number of sulfonamides is 1. The number of anilines is 1. The number of hydrogen-bond donors (Lipinski definition) is 1. The molecule has 0 spiro atoms. The quantitative estimate of drug-likeness (QED) is 0.845. The van der Waals surface area contributed by atoms with Gasteiger partial charge in [0, 0.05) is 31.2 Å². The van der Waals surface area contributed by atoms with E-state index in [0.29, 0.717) is 19.5 Å². The van der Waals surface area contributed by atoms with Gasteiger partial charge in [0.1, 0.15) is 0 Å². The summed E-state index contributed by atoms with van der Waals surface area (Å²) >= 11 is 0. The van der Waals surface area contributed by atoms with Crippen molar-refractivity contribution in [1.82, 2.24) is 9.62 Å². The van der Waals surface area contributed by atoms with Crippen molar-refractivity contribution in [3.05, 3.63) is 24.3 Å². The highest BCUT2D eigenvalue weighted by Gasteiger charge is 2.26. The molecule has 1 aromatic rings. The van der Waals surface area contributed by atoms with E-state index in [0.717, 1.165) is 38.0 Å². The first-order valence-electron chi connectivity index (χ1n) is 8.65. The van der Waals surface area contributed by atoms with Gasteiger partial charge in [-0.3, -0.25) is 9.69 Å². The van der Waals surface area contributed by atoms with Crippen molar-refractivity contribution in [3.63, 3.8) is 0 Å². The summed E-state index contributed by atoms with van der Waals surface area (Å²) in [4.78, 5) is 16.0. The predicted molar refractivity (Wildman–Crippen MR) is 93.5 cm³/mol. The van der Waals surface area contributed by atoms with Crippen molar-refractivity contribution in [3.8, 4) is 0 Å². The van der Waals surface area contributed by atoms with Gasteiger partial charge in [-0.05, 0) is 56.6 Å². The number of carbonyl (C=O) groups is 1. The minimum Gasteiger partial charge on any atom is -0.312 e. The summed E-state index contributed by atoms with van der Waals surface area (Å²) in [5, 5.41) is 0. The molecule has 7 heteroatoms. The summed E-state index contributed by atoms with van der Waals surface area (Å²) in [5.41, 5.74) is 0.768. The molecule has 2 saturated heterocycles. The third-order valence-electron chi connectivity index (χ3n) is 4.95. The second-order valence-corrected chi connectivity index (χ2v) is 8.19. The zero-order chi connectivity index (χ0) is 17.2. The fourth-order valence-electron chi connectivity index (χ4n) is 3.56. The Morgan fingerprint density at radius 1 is 1.17 bits per heavy atom. The van der Waals surface area contributed by atoms with Gasteiger partial charge in [0.2, 0.25) is 15.9 Å². The van der Waals surface area contributed by atoms with E-state index in [2.05, 4.69) is 16.5 Å². The molecular formula is C17H25N3O3S. The molecule has 1 N–H and O–H groups in total. The van der Waals surface area contributed by atoms with Gasteiger partial charge in [-0.25, -0.2) is 13.1 Å². The van der Waals surface area contributed by atoms with Gasteiger partial charge in [-0.1, -0.05) is 6.92 Å². The molecule has 2 aliphatic rings. The molecule has 0 aromatic heterocycles. The number of nitrogens with one attached hydrogen (secondary N) is 1. The van der Waals surface area contributed by atoms with Gasteiger partial charge in [0.05, 0.1) is 4.90 Å². The third kappa shape index (κ3) is 3.63. The molecule has 2 aliphatic heterocycles. The fourth-order valence-corrected chi connectivity index (χ4v) is 4.63. The molecule has 0 saturated carbocycles. The lowest BCUT2D eigenvalue weighted by Crippen LogP contribution is -2.40. The van der Waals surface area contributed by atoms with Gasteiger partial charge in [0.25, 0.3) is 0 Å². The van der Waals surface area contributed by atoms with Gasteiger partial charge >= 0.3 is 0 Å². The number of hydrogen-bond acceptors (Lipinski definition) is 4. The number of amides is 1. The maximum atomic E-state index is 12.5. The number of likely N-dealkylation sites (tertiary alicyclic amines) is 1. The second kappa shape index (κ2) is 7.21. The molecule has 0 radical (unpaired) electrons. The van der Waals surface area contributed by atoms with Crippen molar-refractivity contribution < 1.29 is 13.2 Å². The molecule has 6 nitrogen and oxygen atoms in total. The molecule has 1 atom stereocenters. The molecule has 3 rings (SSSR count). The number of carbonyl (C=O) groups excluding carboxylic acids is 1. The number of nitrogens with zero attached hydrogens (tertiary/aromatic N) is 2. The minimum absolute atomic E-state index is 0.102. The first-order valence-corrected chi connectivity index (χ1v) is 10.1. The molecule has 0 bridgehead atoms. The number of benzene rings is 1. The van der Waals surface area contributed by atoms with Crippen LogP contribution in [0.2, 0.25) is 0 Å². The standard InChI is InChI=1S/C17H25N3O3S/c1-2-19-11-3-5-15(19)13-18-24(22,23)16-9-7-14(8-10-16)20-12-4-6-17(20)21/h7-10,15,18H,2-6,11-13H2,1H3/t15-/m1/s1. The van der Waals surface area contributed by atoms with Crippen LogP contribution < -0.4 is 9.62 Å². The lowest BCUT2D eigenvalue weighted by molar-refractivity contribution is -0.117. The largest absolute Gasteiger partial charge is 0.312 e. The first-order chi connectivity index (χ1) is 11.5. The summed E-state index contributed by atoms with van der Waals surface area (Å²) in [6.45, 7) is 5.25. The van der Waals surface area contributed by atoms with Gasteiger partial charge in [-0.2, -0.15) is 0 Å². The van der Waals surface area contributed by atoms with E-state index in [1.165, 1.54) is 0 Å². The van der Waals surface area contributed by atoms with Crippen LogP contribution in [0.3, 0.4) is 0 Å². The Hall–Kier alpha value is -1.44. The Bertz CT molecular complexity index is 688. The molecule has 24 heavy (non-hydrogen) atoms. The van der Waals surface area contributed by atoms with E-state index in [4.69, 9.17) is 0 Å². The summed E-state index contributed by atoms with van der Waals surface area (Å²) in [6.07, 6.45) is 3.58. The van der Waals surface area contributed by atoms with Crippen LogP contribution in [0.1, 0.15) is 32.6 Å². The van der Waals surface area contributed by atoms with E-state index < -0.39 is 10.0 Å². The summed E-state index contributed by atoms with van der Waals surface area (Å²) in [7, 11) is -3.51. The van der Waals surface area contributed by atoms with Crippen molar-refractivity contribution in [2.45, 2.75) is 43.5 Å². The molecule has 132 valence electrons. The maximum absolute atomic E-state index is 12.5. The number of rotatable bonds is 6. The molecule has 1 aromatic carbocycles. The highest BCUT2D eigenvalue weighted by molar-refractivity contribution is 7.89. The van der Waals surface area contributed by atoms with E-state index in [1.807, 2.05) is 0 Å². The van der Waals surface area contributed by atoms with Crippen LogP contribution in [-0.2, 0) is 14.8 Å². The summed E-state index contributed by atoms with van der Waals surface area (Å²) in [5.74, 6) is 0.102. The fraction of sp³-hybridized carbons (Fsp3) is 0.588. The Morgan fingerprint density at radius 3 is 2.54 bits per heavy atom. The lowest BCUT2D eigenvalue weighted by Gasteiger charge is -2.23. The average molecular weight is 351 g/mol. The Morgan fingerprint density at radius 2 is 1.92 bits per heavy atom. The smallest absolute Gasteiger partial charge is 0.240 e. The van der Waals surface area contributed by atoms with Crippen LogP contribution >= 0.6 is 0 Å². The SMILES string of the molecule is CCN1CCC[C@@H]1CNS(=O)(=O)c1ccc(N2CCCC2=O)cc1. The molecular weight excluding hydrogens is 326 g/mol. The highest BCUT2D eigenvalue weighted by atomic mass is 32.2. The summed E-state index contributed by atoms with van der Waals surface area (Å²) < 4.78 is 27.7. The van der Waals surface area contributed by atoms with E-state index >= 15 is 0 Å². The van der Waals surface area contributed by atoms with Crippen LogP contribution in [0, 0.1) is 0 Å². The highest BCUT2D eigenvalue weighted by Crippen LogP contribution is 2.23. The van der Waals surface area contributed by atoms with Crippen LogP contribution in [0.25, 0.3) is 0 Å². The van der Waals surface area contributed by atoms with Crippen molar-refractivity contribution in [1.29, 1.82) is 0 Å². The van der Waals surface area contributed by atoms with Gasteiger partial charge < -0.3 is 4.90 Å². The number of likely N-dealkylation sites (N-methyl/N-ethyl adjacent to an activating group) is 1. The Kier molecular flexibility index (Phi) is 5.22. The van der Waals surface area contributed by atoms with Crippen LogP contribution in [0.4, 0.5) is 5.69 Å². The van der Waals surface area contributed by atoms with Gasteiger partial charge in [-0.15, -0.1) is 0 Å². The zero-order valence-electron chi connectivity index (χ0n) is 14.1. The van der Waals surface area contributed by atoms with E-state index in [9.17, 15) is 13.2 Å². The van der Waals surface area contributed by atoms with Crippen LogP contribution in [0.15, 0.2) is 29.2 Å². The minimum atomic E-state index is -3.51. The molecule has 1 amide bonds. The van der Waals surface area contributed by atoms with Crippen molar-refractivity contribution in [2.24, 2.45) is 0 Å². The second-order valence-electron chi connectivity index (χ2n) is 6.42. The Balaban J connectivity index is 1.65. The normalized spacial score (nSPS) is 22.5. The van der Waals surface area contributed by atoms with Crippen molar-refractivity contribution >= 4 is 21.6 Å². The predicted octanol–water partition coefficient (Wildman–Crippen LogP) is 1.58.